The summed E-state index contributed by atoms with van der Waals surface area (Å²) in [6.07, 6.45) is 4.83. The summed E-state index contributed by atoms with van der Waals surface area (Å²) in [5, 5.41) is 3.42. The monoisotopic (exact) mass is 281 g/mol. The number of likely N-dealkylation sites (N-methyl/N-ethyl adjacent to an activating group) is 1. The van der Waals surface area contributed by atoms with Crippen LogP contribution in [0.15, 0.2) is 18.2 Å². The lowest BCUT2D eigenvalue weighted by atomic mass is 9.90. The average molecular weight is 281 g/mol. The van der Waals surface area contributed by atoms with Gasteiger partial charge in [-0.1, -0.05) is 6.07 Å². The van der Waals surface area contributed by atoms with Gasteiger partial charge in [-0.25, -0.2) is 4.39 Å². The summed E-state index contributed by atoms with van der Waals surface area (Å²) in [5.41, 5.74) is 2.34. The molecular weight excluding hydrogens is 257 g/mol. The van der Waals surface area contributed by atoms with E-state index in [1.54, 1.807) is 12.1 Å². The first-order chi connectivity index (χ1) is 9.19. The lowest BCUT2D eigenvalue weighted by molar-refractivity contribution is 0.375. The van der Waals surface area contributed by atoms with E-state index in [1.807, 2.05) is 13.1 Å². The summed E-state index contributed by atoms with van der Waals surface area (Å²) < 4.78 is 13.3. The van der Waals surface area contributed by atoms with Crippen LogP contribution in [-0.2, 0) is 6.42 Å². The Kier molecular flexibility index (Phi) is 5.71. The fourth-order valence-corrected chi connectivity index (χ4v) is 4.02. The van der Waals surface area contributed by atoms with Gasteiger partial charge in [-0.2, -0.15) is 11.8 Å². The second kappa shape index (κ2) is 7.30. The van der Waals surface area contributed by atoms with Crippen LogP contribution in [0.25, 0.3) is 0 Å². The van der Waals surface area contributed by atoms with Gasteiger partial charge in [0.1, 0.15) is 5.82 Å². The molecule has 0 aliphatic carbocycles. The zero-order valence-electron chi connectivity index (χ0n) is 11.9. The Bertz CT molecular complexity index is 402. The third-order valence-electron chi connectivity index (χ3n) is 4.14. The Morgan fingerprint density at radius 3 is 2.79 bits per heavy atom. The van der Waals surface area contributed by atoms with Gasteiger partial charge in [0.05, 0.1) is 0 Å². The Morgan fingerprint density at radius 1 is 1.37 bits per heavy atom. The maximum absolute atomic E-state index is 13.3. The molecule has 1 aliphatic rings. The van der Waals surface area contributed by atoms with E-state index in [2.05, 4.69) is 24.0 Å². The third kappa shape index (κ3) is 4.50. The van der Waals surface area contributed by atoms with Crippen LogP contribution in [0, 0.1) is 18.7 Å². The first-order valence-electron chi connectivity index (χ1n) is 7.19. The molecule has 1 atom stereocenters. The lowest BCUT2D eigenvalue weighted by Crippen LogP contribution is -2.31. The third-order valence-corrected chi connectivity index (χ3v) is 5.19. The van der Waals surface area contributed by atoms with Crippen LogP contribution in [0.4, 0.5) is 4.39 Å². The van der Waals surface area contributed by atoms with E-state index >= 15 is 0 Å². The molecule has 3 heteroatoms. The van der Waals surface area contributed by atoms with Crippen LogP contribution in [0.1, 0.15) is 30.4 Å². The van der Waals surface area contributed by atoms with Crippen LogP contribution in [0.2, 0.25) is 0 Å². The number of hydrogen-bond donors (Lipinski definition) is 1. The van der Waals surface area contributed by atoms with Crippen molar-refractivity contribution >= 4 is 11.8 Å². The Hall–Kier alpha value is -0.540. The maximum Gasteiger partial charge on any atom is 0.123 e. The minimum Gasteiger partial charge on any atom is -0.317 e. The van der Waals surface area contributed by atoms with Gasteiger partial charge < -0.3 is 5.32 Å². The average Bonchev–Trinajstić information content (AvgIpc) is 2.43. The number of hydrogen-bond acceptors (Lipinski definition) is 2. The molecule has 1 fully saturated rings. The molecule has 0 amide bonds. The normalized spacial score (nSPS) is 18.5. The number of halogens is 1. The first kappa shape index (κ1) is 14.9. The standard InChI is InChI=1S/C16H24FNS/c1-12-3-4-15(17)10-14(12)11-16(18-2)9-13-5-7-19-8-6-13/h3-4,10,13,16,18H,5-9,11H2,1-2H3. The number of thioether (sulfide) groups is 1. The van der Waals surface area contributed by atoms with E-state index < -0.39 is 0 Å². The molecule has 0 radical (unpaired) electrons. The maximum atomic E-state index is 13.3. The highest BCUT2D eigenvalue weighted by molar-refractivity contribution is 7.99. The molecule has 1 unspecified atom stereocenters. The van der Waals surface area contributed by atoms with E-state index in [1.165, 1.54) is 36.3 Å². The van der Waals surface area contributed by atoms with Gasteiger partial charge in [-0.3, -0.25) is 0 Å². The molecule has 19 heavy (non-hydrogen) atoms. The molecule has 0 spiro atoms. The Labute approximate surface area is 120 Å². The van der Waals surface area contributed by atoms with Gasteiger partial charge in [-0.15, -0.1) is 0 Å². The van der Waals surface area contributed by atoms with Crippen molar-refractivity contribution in [2.24, 2.45) is 5.92 Å². The fraction of sp³-hybridized carbons (Fsp3) is 0.625. The van der Waals surface area contributed by atoms with Gasteiger partial charge in [0, 0.05) is 6.04 Å². The van der Waals surface area contributed by atoms with E-state index in [4.69, 9.17) is 0 Å². The van der Waals surface area contributed by atoms with Gasteiger partial charge in [0.25, 0.3) is 0 Å². The Morgan fingerprint density at radius 2 is 2.11 bits per heavy atom. The zero-order valence-corrected chi connectivity index (χ0v) is 12.7. The zero-order chi connectivity index (χ0) is 13.7. The van der Waals surface area contributed by atoms with Gasteiger partial charge in [-0.05, 0) is 80.3 Å². The minimum absolute atomic E-state index is 0.121. The highest BCUT2D eigenvalue weighted by Crippen LogP contribution is 2.27. The molecule has 1 saturated heterocycles. The second-order valence-corrected chi connectivity index (χ2v) is 6.78. The second-order valence-electron chi connectivity index (χ2n) is 5.55. The SMILES string of the molecule is CNC(Cc1cc(F)ccc1C)CC1CCSCC1. The molecular formula is C16H24FNS. The molecule has 1 aromatic carbocycles. The molecule has 1 N–H and O–H groups in total. The predicted octanol–water partition coefficient (Wildman–Crippen LogP) is 3.80. The largest absolute Gasteiger partial charge is 0.317 e. The summed E-state index contributed by atoms with van der Waals surface area (Å²) in [4.78, 5) is 0. The van der Waals surface area contributed by atoms with Crippen molar-refractivity contribution < 1.29 is 4.39 Å². The first-order valence-corrected chi connectivity index (χ1v) is 8.34. The molecule has 1 heterocycles. The molecule has 0 aromatic heterocycles. The van der Waals surface area contributed by atoms with Crippen molar-refractivity contribution in [1.29, 1.82) is 0 Å². The van der Waals surface area contributed by atoms with Crippen LogP contribution >= 0.6 is 11.8 Å². The van der Waals surface area contributed by atoms with Crippen molar-refractivity contribution in [2.45, 2.75) is 38.6 Å². The van der Waals surface area contributed by atoms with Crippen molar-refractivity contribution in [3.8, 4) is 0 Å². The summed E-state index contributed by atoms with van der Waals surface area (Å²) >= 11 is 2.07. The summed E-state index contributed by atoms with van der Waals surface area (Å²) in [6, 6.07) is 5.59. The smallest absolute Gasteiger partial charge is 0.123 e. The molecule has 2 rings (SSSR count). The highest BCUT2D eigenvalue weighted by Gasteiger charge is 2.19. The fourth-order valence-electron chi connectivity index (χ4n) is 2.81. The van der Waals surface area contributed by atoms with Crippen molar-refractivity contribution in [1.82, 2.24) is 5.32 Å². The van der Waals surface area contributed by atoms with Gasteiger partial charge in [0.2, 0.25) is 0 Å². The van der Waals surface area contributed by atoms with Gasteiger partial charge in [0.15, 0.2) is 0 Å². The predicted molar refractivity (Wildman–Crippen MR) is 82.4 cm³/mol. The molecule has 1 nitrogen and oxygen atoms in total. The number of benzene rings is 1. The number of rotatable bonds is 5. The number of aryl methyl sites for hydroxylation is 1. The summed E-state index contributed by atoms with van der Waals surface area (Å²) in [7, 11) is 2.02. The van der Waals surface area contributed by atoms with Crippen LogP contribution in [0.3, 0.4) is 0 Å². The summed E-state index contributed by atoms with van der Waals surface area (Å²) in [5.74, 6) is 3.33. The van der Waals surface area contributed by atoms with Crippen molar-refractivity contribution in [3.63, 3.8) is 0 Å². The molecule has 1 aromatic rings. The molecule has 0 saturated carbocycles. The van der Waals surface area contributed by atoms with Crippen LogP contribution in [0.5, 0.6) is 0 Å². The van der Waals surface area contributed by atoms with E-state index in [0.717, 1.165) is 17.9 Å². The summed E-state index contributed by atoms with van der Waals surface area (Å²) in [6.45, 7) is 2.07. The van der Waals surface area contributed by atoms with Crippen LogP contribution < -0.4 is 5.32 Å². The molecule has 1 aliphatic heterocycles. The van der Waals surface area contributed by atoms with E-state index in [0.29, 0.717) is 6.04 Å². The molecule has 0 bridgehead atoms. The highest BCUT2D eigenvalue weighted by atomic mass is 32.2. The van der Waals surface area contributed by atoms with E-state index in [9.17, 15) is 4.39 Å². The quantitative estimate of drug-likeness (QED) is 0.881. The Balaban J connectivity index is 1.95. The molecule has 106 valence electrons. The van der Waals surface area contributed by atoms with Crippen LogP contribution in [-0.4, -0.2) is 24.6 Å². The lowest BCUT2D eigenvalue weighted by Gasteiger charge is -2.26. The van der Waals surface area contributed by atoms with Crippen molar-refractivity contribution in [2.75, 3.05) is 18.6 Å². The number of nitrogens with one attached hydrogen (secondary N) is 1. The van der Waals surface area contributed by atoms with Gasteiger partial charge >= 0.3 is 0 Å². The van der Waals surface area contributed by atoms with Crippen molar-refractivity contribution in [3.05, 3.63) is 35.1 Å². The topological polar surface area (TPSA) is 12.0 Å². The minimum atomic E-state index is -0.121. The van der Waals surface area contributed by atoms with E-state index in [-0.39, 0.29) is 5.82 Å².